The van der Waals surface area contributed by atoms with Gasteiger partial charge >= 0.3 is 0 Å². The minimum atomic E-state index is -1.03. The number of phenolic OH excluding ortho intramolecular Hbond substituents is 1. The highest BCUT2D eigenvalue weighted by molar-refractivity contribution is 6.25. The molecule has 0 aromatic heterocycles. The lowest BCUT2D eigenvalue weighted by atomic mass is 9.71. The summed E-state index contributed by atoms with van der Waals surface area (Å²) in [6.45, 7) is 4.94. The smallest absolute Gasteiger partial charge is 0.236 e. The zero-order chi connectivity index (χ0) is 28.5. The Morgan fingerprint density at radius 2 is 1.87 bits per heavy atom. The number of hydrogen-bond acceptors (Lipinski definition) is 10. The van der Waals surface area contributed by atoms with E-state index in [0.29, 0.717) is 23.3 Å². The molecule has 5 N–H and O–H groups in total. The number of ether oxygens (including phenoxy) is 2. The Hall–Kier alpha value is -3.25. The number of aromatic hydroxyl groups is 1. The van der Waals surface area contributed by atoms with Gasteiger partial charge in [-0.1, -0.05) is 6.07 Å². The van der Waals surface area contributed by atoms with E-state index < -0.39 is 42.1 Å². The molecule has 3 aliphatic heterocycles. The molecule has 1 amide bonds. The first-order chi connectivity index (χ1) is 18.4. The Labute approximate surface area is 227 Å². The van der Waals surface area contributed by atoms with Gasteiger partial charge in [0.05, 0.1) is 38.4 Å². The fourth-order valence-corrected chi connectivity index (χ4v) is 6.98. The van der Waals surface area contributed by atoms with Crippen molar-refractivity contribution in [3.05, 3.63) is 45.2 Å². The summed E-state index contributed by atoms with van der Waals surface area (Å²) in [5.41, 5.74) is 8.92. The summed E-state index contributed by atoms with van der Waals surface area (Å²) >= 11 is 0. The van der Waals surface area contributed by atoms with E-state index in [4.69, 9.17) is 15.2 Å². The number of allylic oxidation sites excluding steroid dienone is 2. The summed E-state index contributed by atoms with van der Waals surface area (Å²) in [6.07, 6.45) is -0.411. The van der Waals surface area contributed by atoms with Crippen molar-refractivity contribution >= 4 is 17.5 Å². The van der Waals surface area contributed by atoms with Gasteiger partial charge in [-0.2, -0.15) is 0 Å². The monoisotopic (exact) mass is 540 g/mol. The molecule has 11 nitrogen and oxygen atoms in total. The van der Waals surface area contributed by atoms with Crippen LogP contribution >= 0.6 is 0 Å². The molecule has 4 aliphatic rings. The number of amides is 1. The lowest BCUT2D eigenvalue weighted by Crippen LogP contribution is -2.71. The molecule has 1 aliphatic carbocycles. The maximum atomic E-state index is 13.7. The summed E-state index contributed by atoms with van der Waals surface area (Å²) in [5.74, 6) is -0.774. The minimum absolute atomic E-state index is 0.0320. The summed E-state index contributed by atoms with van der Waals surface area (Å²) in [4.78, 5) is 43.7. The van der Waals surface area contributed by atoms with Crippen LogP contribution in [0.5, 0.6) is 11.5 Å². The number of Topliss-reactive ketones (excluding diaryl/α,β-unsaturated/α-hetero) is 2. The fourth-order valence-electron chi connectivity index (χ4n) is 6.98. The lowest BCUT2D eigenvalue weighted by molar-refractivity contribution is -0.167. The molecule has 39 heavy (non-hydrogen) atoms. The van der Waals surface area contributed by atoms with Gasteiger partial charge in [-0.25, -0.2) is 0 Å². The number of ketones is 2. The number of hydrogen-bond donors (Lipinski definition) is 4. The molecule has 210 valence electrons. The molecule has 6 atom stereocenters. The number of aliphatic hydroxyl groups excluding tert-OH is 1. The predicted molar refractivity (Wildman–Crippen MR) is 141 cm³/mol. The minimum Gasteiger partial charge on any atom is -0.504 e. The standard InChI is InChI=1S/C28H36N4O7/c1-11-7-14-8-17-28(37)32-16(21(31(17)4)19(14)23(34)25(11)38-5)9-15-20(18(32)10-30-27(36)13(3)29)24(35)26(39-6)12(2)22(15)33/h7,13,16-18,21,28,34,37H,8-10,29H2,1-6H3,(H,30,36)/t13?,16-,17?,18-,21?,28-/m0/s1. The predicted octanol–water partition coefficient (Wildman–Crippen LogP) is 0.214. The van der Waals surface area contributed by atoms with Gasteiger partial charge in [0.1, 0.15) is 6.23 Å². The number of carbonyl (C=O) groups excluding carboxylic acids is 3. The van der Waals surface area contributed by atoms with E-state index >= 15 is 0 Å². The SMILES string of the molecule is COC1=C(C)C(=O)C2=C(C1=O)[C@H](CNC(=O)C(C)N)N1[C@@H](O)C3Cc4cc(C)c(OC)c(O)c4C([C@@H]1C2)N3C. The highest BCUT2D eigenvalue weighted by Crippen LogP contribution is 2.53. The van der Waals surface area contributed by atoms with Crippen LogP contribution < -0.4 is 15.8 Å². The number of piperazine rings is 1. The Bertz CT molecular complexity index is 1330. The third-order valence-corrected chi connectivity index (χ3v) is 8.78. The first kappa shape index (κ1) is 27.3. The molecule has 1 aromatic carbocycles. The average molecular weight is 541 g/mol. The van der Waals surface area contributed by atoms with Gasteiger partial charge in [0, 0.05) is 34.9 Å². The van der Waals surface area contributed by atoms with E-state index in [1.54, 1.807) is 13.8 Å². The molecule has 0 radical (unpaired) electrons. The van der Waals surface area contributed by atoms with Gasteiger partial charge in [0.25, 0.3) is 0 Å². The van der Waals surface area contributed by atoms with Crippen LogP contribution in [-0.2, 0) is 25.5 Å². The summed E-state index contributed by atoms with van der Waals surface area (Å²) in [7, 11) is 4.74. The van der Waals surface area contributed by atoms with Crippen molar-refractivity contribution in [2.24, 2.45) is 5.73 Å². The average Bonchev–Trinajstić information content (AvgIpc) is 2.88. The largest absolute Gasteiger partial charge is 0.504 e. The van der Waals surface area contributed by atoms with E-state index in [9.17, 15) is 24.6 Å². The third kappa shape index (κ3) is 3.90. The third-order valence-electron chi connectivity index (χ3n) is 8.78. The number of rotatable bonds is 5. The van der Waals surface area contributed by atoms with Crippen LogP contribution in [0.4, 0.5) is 0 Å². The number of carbonyl (C=O) groups is 3. The van der Waals surface area contributed by atoms with Crippen molar-refractivity contribution in [3.63, 3.8) is 0 Å². The van der Waals surface area contributed by atoms with Crippen LogP contribution in [0, 0.1) is 6.92 Å². The van der Waals surface area contributed by atoms with E-state index in [-0.39, 0.29) is 47.4 Å². The molecule has 0 saturated carbocycles. The number of methoxy groups -OCH3 is 2. The second kappa shape index (κ2) is 9.74. The number of aryl methyl sites for hydroxylation is 1. The van der Waals surface area contributed by atoms with E-state index in [2.05, 4.69) is 5.32 Å². The van der Waals surface area contributed by atoms with Crippen LogP contribution in [0.25, 0.3) is 0 Å². The number of nitrogens with zero attached hydrogens (tertiary/aromatic N) is 2. The van der Waals surface area contributed by atoms with Crippen molar-refractivity contribution < 1.29 is 34.1 Å². The van der Waals surface area contributed by atoms with Gasteiger partial charge < -0.3 is 30.7 Å². The maximum Gasteiger partial charge on any atom is 0.236 e. The van der Waals surface area contributed by atoms with Gasteiger partial charge in [-0.15, -0.1) is 0 Å². The molecule has 1 fully saturated rings. The molecular weight excluding hydrogens is 504 g/mol. The fraction of sp³-hybridized carbons (Fsp3) is 0.536. The Kier molecular flexibility index (Phi) is 6.82. The molecule has 5 rings (SSSR count). The Morgan fingerprint density at radius 1 is 1.18 bits per heavy atom. The molecule has 1 aromatic rings. The van der Waals surface area contributed by atoms with Crippen molar-refractivity contribution in [1.82, 2.24) is 15.1 Å². The first-order valence-corrected chi connectivity index (χ1v) is 13.1. The number of phenols is 1. The van der Waals surface area contributed by atoms with Crippen molar-refractivity contribution in [1.29, 1.82) is 0 Å². The van der Waals surface area contributed by atoms with Crippen molar-refractivity contribution in [2.75, 3.05) is 27.8 Å². The molecule has 3 heterocycles. The van der Waals surface area contributed by atoms with E-state index in [0.717, 1.165) is 11.1 Å². The molecule has 1 saturated heterocycles. The summed E-state index contributed by atoms with van der Waals surface area (Å²) in [6, 6.07) is -0.912. The van der Waals surface area contributed by atoms with Gasteiger partial charge in [-0.3, -0.25) is 24.2 Å². The normalized spacial score (nSPS) is 29.5. The highest BCUT2D eigenvalue weighted by atomic mass is 16.5. The van der Waals surface area contributed by atoms with Crippen LogP contribution in [0.3, 0.4) is 0 Å². The van der Waals surface area contributed by atoms with E-state index in [1.165, 1.54) is 14.2 Å². The summed E-state index contributed by atoms with van der Waals surface area (Å²) < 4.78 is 10.8. The Balaban J connectivity index is 1.69. The molecular formula is C28H36N4O7. The molecule has 2 bridgehead atoms. The first-order valence-electron chi connectivity index (χ1n) is 13.1. The topological polar surface area (TPSA) is 155 Å². The number of fused-ring (bicyclic) bond motifs is 6. The number of nitrogens with two attached hydrogens (primary N) is 1. The second-order valence-corrected chi connectivity index (χ2v) is 10.9. The van der Waals surface area contributed by atoms with Crippen LogP contribution in [-0.4, -0.2) is 95.7 Å². The van der Waals surface area contributed by atoms with Crippen LogP contribution in [0.15, 0.2) is 28.5 Å². The zero-order valence-electron chi connectivity index (χ0n) is 23.1. The van der Waals surface area contributed by atoms with Crippen LogP contribution in [0.1, 0.15) is 43.0 Å². The molecule has 0 spiro atoms. The lowest BCUT2D eigenvalue weighted by Gasteiger charge is -2.60. The molecule has 3 unspecified atom stereocenters. The number of nitrogens with one attached hydrogen (secondary N) is 1. The van der Waals surface area contributed by atoms with Crippen LogP contribution in [0.2, 0.25) is 0 Å². The zero-order valence-corrected chi connectivity index (χ0v) is 23.1. The maximum absolute atomic E-state index is 13.7. The van der Waals surface area contributed by atoms with Crippen molar-refractivity contribution in [3.8, 4) is 11.5 Å². The second-order valence-electron chi connectivity index (χ2n) is 10.9. The van der Waals surface area contributed by atoms with Gasteiger partial charge in [0.2, 0.25) is 11.7 Å². The van der Waals surface area contributed by atoms with Crippen molar-refractivity contribution in [2.45, 2.75) is 70.0 Å². The molecule has 11 heteroatoms. The van der Waals surface area contributed by atoms with Gasteiger partial charge in [0.15, 0.2) is 23.0 Å². The number of aliphatic hydroxyl groups is 1. The number of likely N-dealkylation sites (N-methyl/N-ethyl adjacent to an activating group) is 1. The quantitative estimate of drug-likeness (QED) is 0.381. The highest BCUT2D eigenvalue weighted by Gasteiger charge is 2.57. The Morgan fingerprint density at radius 3 is 2.49 bits per heavy atom. The van der Waals surface area contributed by atoms with Gasteiger partial charge in [-0.05, 0) is 51.8 Å². The van der Waals surface area contributed by atoms with E-state index in [1.807, 2.05) is 29.8 Å². The number of benzene rings is 1. The summed E-state index contributed by atoms with van der Waals surface area (Å²) in [5, 5.41) is 26.0.